The monoisotopic (exact) mass is 346 g/mol. The Kier molecular flexibility index (Phi) is 4.32. The molecule has 0 amide bonds. The van der Waals surface area contributed by atoms with Crippen LogP contribution in [0, 0.1) is 0 Å². The maximum Gasteiger partial charge on any atom is 0.350 e. The third kappa shape index (κ3) is 3.21. The normalized spacial score (nSPS) is 11.4. The lowest BCUT2D eigenvalue weighted by atomic mass is 10.1. The lowest BCUT2D eigenvalue weighted by Crippen LogP contribution is -2.38. The van der Waals surface area contributed by atoms with E-state index >= 15 is 0 Å². The highest BCUT2D eigenvalue weighted by Gasteiger charge is 2.11. The number of fused-ring (bicyclic) bond motifs is 1. The van der Waals surface area contributed by atoms with Crippen LogP contribution in [0.3, 0.4) is 0 Å². The fourth-order valence-electron chi connectivity index (χ4n) is 2.45. The molecule has 3 aromatic rings. The van der Waals surface area contributed by atoms with Gasteiger partial charge < -0.3 is 4.57 Å². The number of aromatic nitrogens is 1. The van der Waals surface area contributed by atoms with Gasteiger partial charge in [-0.1, -0.05) is 29.3 Å². The zero-order valence-electron chi connectivity index (χ0n) is 12.1. The Labute approximate surface area is 142 Å². The van der Waals surface area contributed by atoms with Crippen LogP contribution >= 0.6 is 23.2 Å². The number of hydrogen-bond acceptors (Lipinski definition) is 1. The Balaban J connectivity index is 1.95. The smallest absolute Gasteiger partial charge is 0.343 e. The number of nitrogens with two attached hydrogens (primary N) is 2. The van der Waals surface area contributed by atoms with E-state index in [9.17, 15) is 0 Å². The quantitative estimate of drug-likeness (QED) is 0.247. The average molecular weight is 347 g/mol. The molecule has 5 nitrogen and oxygen atoms in total. The molecule has 0 aliphatic heterocycles. The number of amidine groups is 1. The van der Waals surface area contributed by atoms with E-state index in [-0.39, 0.29) is 5.84 Å². The Hall–Kier alpha value is -2.37. The van der Waals surface area contributed by atoms with E-state index in [0.29, 0.717) is 16.6 Å². The van der Waals surface area contributed by atoms with Crippen LogP contribution < -0.4 is 11.3 Å². The summed E-state index contributed by atoms with van der Waals surface area (Å²) in [4.78, 5) is 0. The Morgan fingerprint density at radius 3 is 2.70 bits per heavy atom. The predicted octanol–water partition coefficient (Wildman–Crippen LogP) is 2.83. The molecule has 7 heteroatoms. The Bertz CT molecular complexity index is 914. The first-order valence-electron chi connectivity index (χ1n) is 6.85. The fraction of sp³-hybridized carbons (Fsp3) is 0.0625. The van der Waals surface area contributed by atoms with Crippen LogP contribution in [0.25, 0.3) is 10.9 Å². The van der Waals surface area contributed by atoms with Crippen LogP contribution in [0.15, 0.2) is 59.0 Å². The van der Waals surface area contributed by atoms with Crippen LogP contribution in [-0.4, -0.2) is 10.4 Å². The van der Waals surface area contributed by atoms with E-state index in [0.717, 1.165) is 22.0 Å². The van der Waals surface area contributed by atoms with Gasteiger partial charge in [0.15, 0.2) is 0 Å². The largest absolute Gasteiger partial charge is 0.350 e. The summed E-state index contributed by atoms with van der Waals surface area (Å²) in [6.45, 7) is 0.653. The molecular weight excluding hydrogens is 333 g/mol. The third-order valence-electron chi connectivity index (χ3n) is 3.59. The van der Waals surface area contributed by atoms with Crippen molar-refractivity contribution < 1.29 is 5.41 Å². The highest BCUT2D eigenvalue weighted by atomic mass is 35.5. The molecule has 0 spiro atoms. The predicted molar refractivity (Wildman–Crippen MR) is 92.6 cm³/mol. The second-order valence-corrected chi connectivity index (χ2v) is 5.90. The molecule has 0 aliphatic rings. The molecule has 23 heavy (non-hydrogen) atoms. The van der Waals surface area contributed by atoms with Crippen molar-refractivity contribution in [3.05, 3.63) is 69.8 Å². The third-order valence-corrected chi connectivity index (χ3v) is 4.17. The fourth-order valence-corrected chi connectivity index (χ4v) is 2.92. The summed E-state index contributed by atoms with van der Waals surface area (Å²) in [5.74, 6) is 5.31. The number of benzene rings is 2. The van der Waals surface area contributed by atoms with Crippen molar-refractivity contribution >= 4 is 39.9 Å². The van der Waals surface area contributed by atoms with Crippen molar-refractivity contribution in [1.29, 1.82) is 0 Å². The van der Waals surface area contributed by atoms with E-state index in [2.05, 4.69) is 14.9 Å². The minimum atomic E-state index is 0.280. The van der Waals surface area contributed by atoms with Gasteiger partial charge in [0.1, 0.15) is 0 Å². The molecule has 2 aromatic carbocycles. The lowest BCUT2D eigenvalue weighted by Gasteiger charge is -2.08. The SMILES string of the molecule is NN=NC(=[NH2+])c1ccc2c(ccn2Cc2ccc(Cl)cc2Cl)c1. The first-order valence-corrected chi connectivity index (χ1v) is 7.60. The standard InChI is InChI=1S/C16H13Cl2N5/c17-13-3-1-12(14(18)8-13)9-23-6-5-10-7-11(2-4-15(10)23)16(19)21-22-20/h1-8H,9H2,(H3,19,20,21)/p+1. The summed E-state index contributed by atoms with van der Waals surface area (Å²) in [6.07, 6.45) is 2.00. The molecule has 0 radical (unpaired) electrons. The van der Waals surface area contributed by atoms with Gasteiger partial charge in [0.05, 0.1) is 10.7 Å². The molecule has 0 atom stereocenters. The van der Waals surface area contributed by atoms with E-state index in [1.807, 2.05) is 42.6 Å². The summed E-state index contributed by atoms with van der Waals surface area (Å²) in [5.41, 5.74) is 2.84. The maximum atomic E-state index is 6.25. The van der Waals surface area contributed by atoms with E-state index in [1.165, 1.54) is 0 Å². The van der Waals surface area contributed by atoms with Crippen molar-refractivity contribution in [2.45, 2.75) is 6.54 Å². The molecule has 116 valence electrons. The van der Waals surface area contributed by atoms with E-state index < -0.39 is 0 Å². The molecule has 0 aliphatic carbocycles. The van der Waals surface area contributed by atoms with Crippen LogP contribution in [0.4, 0.5) is 0 Å². The van der Waals surface area contributed by atoms with Gasteiger partial charge in [-0.3, -0.25) is 11.3 Å². The first kappa shape index (κ1) is 15.5. The second-order valence-electron chi connectivity index (χ2n) is 5.05. The topological polar surface area (TPSA) is 81.3 Å². The van der Waals surface area contributed by atoms with Gasteiger partial charge in [0.25, 0.3) is 0 Å². The summed E-state index contributed by atoms with van der Waals surface area (Å²) < 4.78 is 2.11. The van der Waals surface area contributed by atoms with Crippen molar-refractivity contribution in [3.8, 4) is 0 Å². The second kappa shape index (κ2) is 6.40. The van der Waals surface area contributed by atoms with Crippen molar-refractivity contribution in [2.75, 3.05) is 0 Å². The van der Waals surface area contributed by atoms with Gasteiger partial charge in [0.2, 0.25) is 0 Å². The average Bonchev–Trinajstić information content (AvgIpc) is 2.92. The van der Waals surface area contributed by atoms with Crippen molar-refractivity contribution in [2.24, 2.45) is 16.2 Å². The molecule has 0 fully saturated rings. The van der Waals surface area contributed by atoms with E-state index in [4.69, 9.17) is 34.5 Å². The summed E-state index contributed by atoms with van der Waals surface area (Å²) in [7, 11) is 0. The number of nitrogens with zero attached hydrogens (tertiary/aromatic N) is 3. The van der Waals surface area contributed by atoms with Gasteiger partial charge in [-0.2, -0.15) is 0 Å². The summed E-state index contributed by atoms with van der Waals surface area (Å²) in [6, 6.07) is 13.3. The Morgan fingerprint density at radius 1 is 1.13 bits per heavy atom. The summed E-state index contributed by atoms with van der Waals surface area (Å²) in [5, 5.41) is 15.0. The van der Waals surface area contributed by atoms with E-state index in [1.54, 1.807) is 6.07 Å². The number of hydrogen-bond donors (Lipinski definition) is 2. The molecule has 0 bridgehead atoms. The molecular formula is C16H14Cl2N5+. The van der Waals surface area contributed by atoms with Crippen LogP contribution in [0.2, 0.25) is 10.0 Å². The molecule has 4 N–H and O–H groups in total. The van der Waals surface area contributed by atoms with Crippen molar-refractivity contribution in [3.63, 3.8) is 0 Å². The molecule has 3 rings (SSSR count). The van der Waals surface area contributed by atoms with Gasteiger partial charge in [-0.05, 0) is 42.0 Å². The lowest BCUT2D eigenvalue weighted by molar-refractivity contribution is -0.114. The zero-order chi connectivity index (χ0) is 16.4. The van der Waals surface area contributed by atoms with Crippen LogP contribution in [0.1, 0.15) is 11.1 Å². The highest BCUT2D eigenvalue weighted by Crippen LogP contribution is 2.24. The number of halogens is 2. The highest BCUT2D eigenvalue weighted by molar-refractivity contribution is 6.35. The van der Waals surface area contributed by atoms with Crippen molar-refractivity contribution in [1.82, 2.24) is 4.57 Å². The van der Waals surface area contributed by atoms with Crippen LogP contribution in [0.5, 0.6) is 0 Å². The first-order chi connectivity index (χ1) is 11.1. The molecule has 1 heterocycles. The van der Waals surface area contributed by atoms with Crippen LogP contribution in [-0.2, 0) is 6.54 Å². The molecule has 0 unspecified atom stereocenters. The summed E-state index contributed by atoms with van der Waals surface area (Å²) >= 11 is 12.2. The van der Waals surface area contributed by atoms with Gasteiger partial charge in [0, 0.05) is 38.9 Å². The Morgan fingerprint density at radius 2 is 1.96 bits per heavy atom. The van der Waals surface area contributed by atoms with Gasteiger partial charge in [-0.15, -0.1) is 0 Å². The number of rotatable bonds is 3. The van der Waals surface area contributed by atoms with Gasteiger partial charge >= 0.3 is 5.84 Å². The minimum Gasteiger partial charge on any atom is -0.343 e. The zero-order valence-corrected chi connectivity index (χ0v) is 13.6. The molecule has 0 saturated heterocycles. The van der Waals surface area contributed by atoms with Gasteiger partial charge in [-0.25, -0.2) is 0 Å². The maximum absolute atomic E-state index is 6.25. The molecule has 1 aromatic heterocycles. The molecule has 0 saturated carbocycles. The minimum absolute atomic E-state index is 0.280.